The van der Waals surface area contributed by atoms with E-state index in [9.17, 15) is 8.42 Å². The van der Waals surface area contributed by atoms with Crippen LogP contribution in [0.25, 0.3) is 0 Å². The SMILES string of the molecule is Cc1ccc(NS(=O)(=O)c2cnc(C)[nH]2)c(C)n1. The summed E-state index contributed by atoms with van der Waals surface area (Å²) in [4.78, 5) is 10.8. The molecule has 0 aliphatic heterocycles. The first-order chi connectivity index (χ1) is 8.38. The number of anilines is 1. The van der Waals surface area contributed by atoms with Crippen LogP contribution in [0.4, 0.5) is 5.69 Å². The van der Waals surface area contributed by atoms with Crippen LogP contribution in [0.3, 0.4) is 0 Å². The third kappa shape index (κ3) is 2.51. The maximum absolute atomic E-state index is 12.0. The molecule has 0 aliphatic carbocycles. The van der Waals surface area contributed by atoms with E-state index in [2.05, 4.69) is 19.7 Å². The van der Waals surface area contributed by atoms with E-state index >= 15 is 0 Å². The third-order valence-corrected chi connectivity index (χ3v) is 3.71. The lowest BCUT2D eigenvalue weighted by Crippen LogP contribution is -2.14. The average Bonchev–Trinajstić information content (AvgIpc) is 2.70. The maximum Gasteiger partial charge on any atom is 0.279 e. The predicted molar refractivity (Wildman–Crippen MR) is 67.8 cm³/mol. The van der Waals surface area contributed by atoms with Crippen LogP contribution >= 0.6 is 0 Å². The Bertz CT molecular complexity index is 676. The second-order valence-corrected chi connectivity index (χ2v) is 5.67. The number of rotatable bonds is 3. The van der Waals surface area contributed by atoms with E-state index in [0.29, 0.717) is 17.2 Å². The fourth-order valence-electron chi connectivity index (χ4n) is 1.53. The van der Waals surface area contributed by atoms with E-state index in [1.807, 2.05) is 6.92 Å². The third-order valence-electron chi connectivity index (χ3n) is 2.44. The molecule has 0 spiro atoms. The van der Waals surface area contributed by atoms with Gasteiger partial charge in [0.1, 0.15) is 5.82 Å². The van der Waals surface area contributed by atoms with Gasteiger partial charge in [-0.15, -0.1) is 0 Å². The zero-order valence-electron chi connectivity index (χ0n) is 10.4. The molecule has 0 aromatic carbocycles. The van der Waals surface area contributed by atoms with Gasteiger partial charge in [-0.3, -0.25) is 9.71 Å². The summed E-state index contributed by atoms with van der Waals surface area (Å²) in [5.41, 5.74) is 1.94. The molecular weight excluding hydrogens is 252 g/mol. The molecule has 0 saturated heterocycles. The van der Waals surface area contributed by atoms with Gasteiger partial charge >= 0.3 is 0 Å². The number of hydrogen-bond donors (Lipinski definition) is 2. The van der Waals surface area contributed by atoms with Crippen molar-refractivity contribution in [3.8, 4) is 0 Å². The number of hydrogen-bond acceptors (Lipinski definition) is 4. The summed E-state index contributed by atoms with van der Waals surface area (Å²) >= 11 is 0. The molecule has 6 nitrogen and oxygen atoms in total. The Hall–Kier alpha value is -1.89. The molecule has 0 unspecified atom stereocenters. The van der Waals surface area contributed by atoms with Gasteiger partial charge in [0, 0.05) is 5.69 Å². The van der Waals surface area contributed by atoms with Gasteiger partial charge < -0.3 is 4.98 Å². The molecular formula is C11H14N4O2S. The second-order valence-electron chi connectivity index (χ2n) is 4.02. The highest BCUT2D eigenvalue weighted by atomic mass is 32.2. The number of pyridine rings is 1. The van der Waals surface area contributed by atoms with Gasteiger partial charge in [0.25, 0.3) is 10.0 Å². The molecule has 0 saturated carbocycles. The van der Waals surface area contributed by atoms with E-state index in [1.165, 1.54) is 6.20 Å². The smallest absolute Gasteiger partial charge is 0.279 e. The van der Waals surface area contributed by atoms with Crippen LogP contribution in [0.2, 0.25) is 0 Å². The summed E-state index contributed by atoms with van der Waals surface area (Å²) in [5, 5.41) is 0.0416. The van der Waals surface area contributed by atoms with Crippen LogP contribution in [-0.2, 0) is 10.0 Å². The highest BCUT2D eigenvalue weighted by Crippen LogP contribution is 2.17. The number of H-pyrrole nitrogens is 1. The molecule has 0 bridgehead atoms. The molecule has 2 rings (SSSR count). The van der Waals surface area contributed by atoms with E-state index in [0.717, 1.165) is 5.69 Å². The van der Waals surface area contributed by atoms with E-state index in [1.54, 1.807) is 26.0 Å². The van der Waals surface area contributed by atoms with Crippen molar-refractivity contribution in [2.75, 3.05) is 4.72 Å². The molecule has 0 atom stereocenters. The minimum Gasteiger partial charge on any atom is -0.332 e. The normalized spacial score (nSPS) is 11.5. The fraction of sp³-hybridized carbons (Fsp3) is 0.273. The standard InChI is InChI=1S/C11H14N4O2S/c1-7-4-5-10(8(2)13-7)15-18(16,17)11-6-12-9(3)14-11/h4-6,15H,1-3H3,(H,12,14). The van der Waals surface area contributed by atoms with Crippen molar-refractivity contribution in [2.24, 2.45) is 0 Å². The quantitative estimate of drug-likeness (QED) is 0.881. The van der Waals surface area contributed by atoms with Gasteiger partial charge in [0.15, 0.2) is 5.03 Å². The Morgan fingerprint density at radius 1 is 1.22 bits per heavy atom. The lowest BCUT2D eigenvalue weighted by Gasteiger charge is -2.08. The number of nitrogens with zero attached hydrogens (tertiary/aromatic N) is 2. The molecule has 2 aromatic heterocycles. The predicted octanol–water partition coefficient (Wildman–Crippen LogP) is 1.53. The van der Waals surface area contributed by atoms with Crippen LogP contribution in [0.5, 0.6) is 0 Å². The van der Waals surface area contributed by atoms with Crippen LogP contribution in [-0.4, -0.2) is 23.4 Å². The lowest BCUT2D eigenvalue weighted by atomic mass is 10.3. The van der Waals surface area contributed by atoms with E-state index in [4.69, 9.17) is 0 Å². The summed E-state index contributed by atoms with van der Waals surface area (Å²) in [5.74, 6) is 0.550. The van der Waals surface area contributed by atoms with Crippen LogP contribution in [0.15, 0.2) is 23.4 Å². The van der Waals surface area contributed by atoms with Gasteiger partial charge in [0.2, 0.25) is 0 Å². The Morgan fingerprint density at radius 3 is 2.50 bits per heavy atom. The van der Waals surface area contributed by atoms with Crippen molar-refractivity contribution >= 4 is 15.7 Å². The molecule has 0 amide bonds. The number of aryl methyl sites for hydroxylation is 3. The molecule has 2 N–H and O–H groups in total. The second kappa shape index (κ2) is 4.41. The van der Waals surface area contributed by atoms with Crippen molar-refractivity contribution in [3.05, 3.63) is 35.5 Å². The topological polar surface area (TPSA) is 87.7 Å². The Balaban J connectivity index is 2.33. The van der Waals surface area contributed by atoms with Crippen molar-refractivity contribution in [2.45, 2.75) is 25.8 Å². The number of imidazole rings is 1. The van der Waals surface area contributed by atoms with Gasteiger partial charge in [0.05, 0.1) is 17.6 Å². The van der Waals surface area contributed by atoms with Crippen molar-refractivity contribution in [3.63, 3.8) is 0 Å². The first kappa shape index (κ1) is 12.6. The first-order valence-electron chi connectivity index (χ1n) is 5.37. The van der Waals surface area contributed by atoms with Crippen LogP contribution < -0.4 is 4.72 Å². The minimum atomic E-state index is -3.64. The van der Waals surface area contributed by atoms with Gasteiger partial charge in [-0.25, -0.2) is 4.98 Å². The maximum atomic E-state index is 12.0. The number of sulfonamides is 1. The largest absolute Gasteiger partial charge is 0.332 e. The highest BCUT2D eigenvalue weighted by molar-refractivity contribution is 7.92. The molecule has 2 aromatic rings. The van der Waals surface area contributed by atoms with E-state index in [-0.39, 0.29) is 5.03 Å². The number of nitrogens with one attached hydrogen (secondary N) is 2. The molecule has 2 heterocycles. The van der Waals surface area contributed by atoms with Gasteiger partial charge in [-0.2, -0.15) is 8.42 Å². The molecule has 7 heteroatoms. The molecule has 18 heavy (non-hydrogen) atoms. The molecule has 0 aliphatic rings. The zero-order chi connectivity index (χ0) is 13.3. The lowest BCUT2D eigenvalue weighted by molar-refractivity contribution is 0.598. The zero-order valence-corrected chi connectivity index (χ0v) is 11.2. The summed E-state index contributed by atoms with van der Waals surface area (Å²) in [6, 6.07) is 3.45. The van der Waals surface area contributed by atoms with Crippen molar-refractivity contribution < 1.29 is 8.42 Å². The number of aromatic nitrogens is 3. The summed E-state index contributed by atoms with van der Waals surface area (Å²) in [7, 11) is -3.64. The first-order valence-corrected chi connectivity index (χ1v) is 6.85. The monoisotopic (exact) mass is 266 g/mol. The Labute approximate surface area is 106 Å². The highest BCUT2D eigenvalue weighted by Gasteiger charge is 2.17. The Kier molecular flexibility index (Phi) is 3.08. The molecule has 0 radical (unpaired) electrons. The van der Waals surface area contributed by atoms with Gasteiger partial charge in [-0.05, 0) is 32.9 Å². The van der Waals surface area contributed by atoms with E-state index < -0.39 is 10.0 Å². The van der Waals surface area contributed by atoms with Crippen LogP contribution in [0.1, 0.15) is 17.2 Å². The minimum absolute atomic E-state index is 0.0416. The number of aromatic amines is 1. The van der Waals surface area contributed by atoms with Gasteiger partial charge in [-0.1, -0.05) is 0 Å². The average molecular weight is 266 g/mol. The van der Waals surface area contributed by atoms with Crippen molar-refractivity contribution in [1.82, 2.24) is 15.0 Å². The summed E-state index contributed by atoms with van der Waals surface area (Å²) in [6.45, 7) is 5.30. The Morgan fingerprint density at radius 2 is 1.94 bits per heavy atom. The molecule has 96 valence electrons. The summed E-state index contributed by atoms with van der Waals surface area (Å²) in [6.07, 6.45) is 1.29. The van der Waals surface area contributed by atoms with Crippen LogP contribution in [0, 0.1) is 20.8 Å². The molecule has 0 fully saturated rings. The summed E-state index contributed by atoms with van der Waals surface area (Å²) < 4.78 is 26.6. The van der Waals surface area contributed by atoms with Crippen molar-refractivity contribution in [1.29, 1.82) is 0 Å². The fourth-order valence-corrected chi connectivity index (χ4v) is 2.62.